The van der Waals surface area contributed by atoms with Crippen molar-refractivity contribution in [1.29, 1.82) is 0 Å². The van der Waals surface area contributed by atoms with E-state index in [-0.39, 0.29) is 5.25 Å². The molecule has 2 atom stereocenters. The van der Waals surface area contributed by atoms with E-state index in [4.69, 9.17) is 0 Å². The van der Waals surface area contributed by atoms with E-state index in [0.29, 0.717) is 11.0 Å². The molecule has 0 amide bonds. The second-order valence-electron chi connectivity index (χ2n) is 3.08. The third-order valence-corrected chi connectivity index (χ3v) is 5.14. The zero-order valence-electron chi connectivity index (χ0n) is 7.71. The van der Waals surface area contributed by atoms with Gasteiger partial charge in [-0.15, -0.1) is 11.8 Å². The van der Waals surface area contributed by atoms with Crippen LogP contribution in [0.15, 0.2) is 0 Å². The molecule has 3 heteroatoms. The van der Waals surface area contributed by atoms with Gasteiger partial charge in [-0.25, -0.2) is 0 Å². The first-order valence-corrected chi connectivity index (χ1v) is 6.61. The van der Waals surface area contributed by atoms with Crippen LogP contribution in [0, 0.1) is 0 Å². The van der Waals surface area contributed by atoms with Crippen molar-refractivity contribution in [2.24, 2.45) is 0 Å². The second kappa shape index (κ2) is 5.18. The third kappa shape index (κ3) is 2.70. The number of hydrogen-bond acceptors (Lipinski definition) is 3. The van der Waals surface area contributed by atoms with Gasteiger partial charge in [0.15, 0.2) is 0 Å². The summed E-state index contributed by atoms with van der Waals surface area (Å²) in [5.74, 6) is 2.82. The molecule has 0 aliphatic carbocycles. The van der Waals surface area contributed by atoms with Crippen LogP contribution in [0.5, 0.6) is 0 Å². The number of carbonyl (C=O) groups is 1. The number of Topliss-reactive ketones (excluding diaryl/α,β-unsaturated/α-hetero) is 1. The fourth-order valence-electron chi connectivity index (χ4n) is 1.38. The first-order valence-electron chi connectivity index (χ1n) is 4.51. The topological polar surface area (TPSA) is 17.1 Å². The molecule has 1 fully saturated rings. The van der Waals surface area contributed by atoms with E-state index in [2.05, 4.69) is 13.8 Å². The third-order valence-electron chi connectivity index (χ3n) is 2.00. The Balaban J connectivity index is 2.42. The van der Waals surface area contributed by atoms with Crippen molar-refractivity contribution in [3.05, 3.63) is 0 Å². The van der Waals surface area contributed by atoms with Crippen molar-refractivity contribution < 1.29 is 4.79 Å². The molecular weight excluding hydrogens is 188 g/mol. The molecule has 1 saturated heterocycles. The standard InChI is InChI=1S/C9H16OS2/c1-3-4-8(10)9-7(2)11-5-6-12-9/h7,9H,3-6H2,1-2H3. The van der Waals surface area contributed by atoms with Gasteiger partial charge in [0.25, 0.3) is 0 Å². The molecule has 0 spiro atoms. The maximum atomic E-state index is 11.6. The molecule has 0 aromatic rings. The summed E-state index contributed by atoms with van der Waals surface area (Å²) in [6.45, 7) is 4.25. The highest BCUT2D eigenvalue weighted by atomic mass is 32.2. The Morgan fingerprint density at radius 1 is 1.42 bits per heavy atom. The lowest BCUT2D eigenvalue weighted by Gasteiger charge is -2.26. The Morgan fingerprint density at radius 3 is 2.67 bits per heavy atom. The van der Waals surface area contributed by atoms with Gasteiger partial charge < -0.3 is 0 Å². The predicted octanol–water partition coefficient (Wildman–Crippen LogP) is 2.59. The van der Waals surface area contributed by atoms with E-state index in [9.17, 15) is 4.79 Å². The van der Waals surface area contributed by atoms with Crippen molar-refractivity contribution >= 4 is 29.3 Å². The zero-order chi connectivity index (χ0) is 8.97. The molecule has 1 aliphatic rings. The highest BCUT2D eigenvalue weighted by Crippen LogP contribution is 2.32. The number of thioether (sulfide) groups is 2. The number of ketones is 1. The molecule has 0 aromatic carbocycles. The van der Waals surface area contributed by atoms with Crippen LogP contribution in [0.4, 0.5) is 0 Å². The summed E-state index contributed by atoms with van der Waals surface area (Å²) in [5.41, 5.74) is 0. The summed E-state index contributed by atoms with van der Waals surface area (Å²) >= 11 is 3.79. The van der Waals surface area contributed by atoms with Gasteiger partial charge in [-0.3, -0.25) is 4.79 Å². The monoisotopic (exact) mass is 204 g/mol. The van der Waals surface area contributed by atoms with Crippen LogP contribution in [0.2, 0.25) is 0 Å². The Labute approximate surface area is 83.1 Å². The SMILES string of the molecule is CCCC(=O)C1SCCSC1C. The molecule has 12 heavy (non-hydrogen) atoms. The summed E-state index contributed by atoms with van der Waals surface area (Å²) in [5, 5.41) is 0.812. The minimum Gasteiger partial charge on any atom is -0.298 e. The lowest BCUT2D eigenvalue weighted by Crippen LogP contribution is -2.30. The van der Waals surface area contributed by atoms with Crippen LogP contribution < -0.4 is 0 Å². The van der Waals surface area contributed by atoms with Crippen LogP contribution in [0.25, 0.3) is 0 Å². The van der Waals surface area contributed by atoms with Crippen LogP contribution in [0.1, 0.15) is 26.7 Å². The molecule has 0 saturated carbocycles. The minimum absolute atomic E-state index is 0.281. The quantitative estimate of drug-likeness (QED) is 0.703. The van der Waals surface area contributed by atoms with E-state index in [0.717, 1.165) is 18.6 Å². The average molecular weight is 204 g/mol. The molecule has 1 aliphatic heterocycles. The van der Waals surface area contributed by atoms with Gasteiger partial charge in [-0.2, -0.15) is 11.8 Å². The summed E-state index contributed by atoms with van der Waals surface area (Å²) in [7, 11) is 0. The Bertz CT molecular complexity index is 159. The van der Waals surface area contributed by atoms with Crippen molar-refractivity contribution in [2.45, 2.75) is 37.2 Å². The van der Waals surface area contributed by atoms with Gasteiger partial charge in [0.05, 0.1) is 5.25 Å². The van der Waals surface area contributed by atoms with E-state index < -0.39 is 0 Å². The van der Waals surface area contributed by atoms with Crippen LogP contribution in [0.3, 0.4) is 0 Å². The van der Waals surface area contributed by atoms with Crippen LogP contribution in [-0.4, -0.2) is 27.8 Å². The molecule has 2 unspecified atom stereocenters. The highest BCUT2D eigenvalue weighted by Gasteiger charge is 2.27. The molecule has 0 bridgehead atoms. The largest absolute Gasteiger partial charge is 0.298 e. The molecule has 0 aromatic heterocycles. The maximum Gasteiger partial charge on any atom is 0.146 e. The van der Waals surface area contributed by atoms with Gasteiger partial charge in [0, 0.05) is 23.2 Å². The molecule has 0 radical (unpaired) electrons. The lowest BCUT2D eigenvalue weighted by atomic mass is 10.1. The Kier molecular flexibility index (Phi) is 4.51. The fourth-order valence-corrected chi connectivity index (χ4v) is 4.14. The molecule has 0 N–H and O–H groups in total. The molecule has 1 rings (SSSR count). The molecule has 1 nitrogen and oxygen atoms in total. The summed E-state index contributed by atoms with van der Waals surface area (Å²) in [4.78, 5) is 11.6. The molecular formula is C9H16OS2. The predicted molar refractivity (Wildman–Crippen MR) is 58.1 cm³/mol. The Morgan fingerprint density at radius 2 is 2.08 bits per heavy atom. The second-order valence-corrected chi connectivity index (χ2v) is 5.82. The van der Waals surface area contributed by atoms with Gasteiger partial charge in [0.2, 0.25) is 0 Å². The average Bonchev–Trinajstić information content (AvgIpc) is 2.05. The summed E-state index contributed by atoms with van der Waals surface area (Å²) in [6.07, 6.45) is 1.76. The van der Waals surface area contributed by atoms with E-state index in [1.165, 1.54) is 5.75 Å². The smallest absolute Gasteiger partial charge is 0.146 e. The fraction of sp³-hybridized carbons (Fsp3) is 0.889. The molecule has 70 valence electrons. The summed E-state index contributed by atoms with van der Waals surface area (Å²) < 4.78 is 0. The maximum absolute atomic E-state index is 11.6. The van der Waals surface area contributed by atoms with Crippen LogP contribution in [-0.2, 0) is 4.79 Å². The van der Waals surface area contributed by atoms with E-state index in [1.54, 1.807) is 0 Å². The first kappa shape index (κ1) is 10.5. The Hall–Kier alpha value is 0.370. The zero-order valence-corrected chi connectivity index (χ0v) is 9.34. The van der Waals surface area contributed by atoms with Gasteiger partial charge >= 0.3 is 0 Å². The lowest BCUT2D eigenvalue weighted by molar-refractivity contribution is -0.118. The molecule has 1 heterocycles. The number of hydrogen-bond donors (Lipinski definition) is 0. The highest BCUT2D eigenvalue weighted by molar-refractivity contribution is 8.07. The van der Waals surface area contributed by atoms with E-state index in [1.807, 2.05) is 23.5 Å². The van der Waals surface area contributed by atoms with Crippen molar-refractivity contribution in [2.75, 3.05) is 11.5 Å². The van der Waals surface area contributed by atoms with E-state index >= 15 is 0 Å². The number of carbonyl (C=O) groups excluding carboxylic acids is 1. The minimum atomic E-state index is 0.281. The number of rotatable bonds is 3. The van der Waals surface area contributed by atoms with Crippen LogP contribution >= 0.6 is 23.5 Å². The van der Waals surface area contributed by atoms with Gasteiger partial charge in [-0.1, -0.05) is 13.8 Å². The van der Waals surface area contributed by atoms with Crippen molar-refractivity contribution in [3.63, 3.8) is 0 Å². The first-order chi connectivity index (χ1) is 5.75. The van der Waals surface area contributed by atoms with Gasteiger partial charge in [0.1, 0.15) is 5.78 Å². The van der Waals surface area contributed by atoms with Gasteiger partial charge in [-0.05, 0) is 6.42 Å². The van der Waals surface area contributed by atoms with Crippen molar-refractivity contribution in [3.8, 4) is 0 Å². The summed E-state index contributed by atoms with van der Waals surface area (Å²) in [6, 6.07) is 0. The normalized spacial score (nSPS) is 30.2. The van der Waals surface area contributed by atoms with Crippen molar-refractivity contribution in [1.82, 2.24) is 0 Å².